The van der Waals surface area contributed by atoms with Gasteiger partial charge in [0.05, 0.1) is 22.5 Å². The summed E-state index contributed by atoms with van der Waals surface area (Å²) in [6.45, 7) is 0. The summed E-state index contributed by atoms with van der Waals surface area (Å²) < 4.78 is 0.159. The number of benzene rings is 3. The van der Waals surface area contributed by atoms with Crippen molar-refractivity contribution >= 4 is 68.7 Å². The maximum atomic E-state index is 13.0. The van der Waals surface area contributed by atoms with E-state index in [9.17, 15) is 24.6 Å². The van der Waals surface area contributed by atoms with Crippen molar-refractivity contribution in [3.05, 3.63) is 82.3 Å². The largest absolute Gasteiger partial charge is 0.545 e. The molecule has 4 rings (SSSR count). The van der Waals surface area contributed by atoms with Crippen molar-refractivity contribution in [3.63, 3.8) is 0 Å². The molecular weight excluding hydrogens is 422 g/mol. The van der Waals surface area contributed by atoms with Gasteiger partial charge in [0.1, 0.15) is 0 Å². The minimum absolute atomic E-state index is 0.0275. The summed E-state index contributed by atoms with van der Waals surface area (Å²) in [5.74, 6) is -3.62. The standard InChI is InChI=1S/C22H13NO5S2/c24-19-18(11-13-6-3-5-12-4-1-2-7-17(12)13)30-22(29)23(19)16-9-14(20(25)26)8-15(10-16)21(27)28/h1-11H,(H,25,26)(H,27,28)/p-2/b18-11+. The highest BCUT2D eigenvalue weighted by Gasteiger charge is 2.33. The zero-order valence-electron chi connectivity index (χ0n) is 15.2. The van der Waals surface area contributed by atoms with Crippen molar-refractivity contribution in [3.8, 4) is 0 Å². The molecule has 1 saturated heterocycles. The van der Waals surface area contributed by atoms with Crippen LogP contribution in [0.15, 0.2) is 65.6 Å². The molecule has 1 aliphatic rings. The van der Waals surface area contributed by atoms with Crippen LogP contribution in [0.2, 0.25) is 0 Å². The van der Waals surface area contributed by atoms with Gasteiger partial charge in [0.15, 0.2) is 4.32 Å². The van der Waals surface area contributed by atoms with E-state index in [1.165, 1.54) is 0 Å². The molecular formula is C22H11NO5S2-2. The van der Waals surface area contributed by atoms with E-state index in [0.717, 1.165) is 51.2 Å². The van der Waals surface area contributed by atoms with E-state index in [4.69, 9.17) is 12.2 Å². The number of carbonyl (C=O) groups is 3. The van der Waals surface area contributed by atoms with Crippen LogP contribution in [-0.2, 0) is 4.79 Å². The Morgan fingerprint density at radius 1 is 0.933 bits per heavy atom. The van der Waals surface area contributed by atoms with Gasteiger partial charge >= 0.3 is 0 Å². The molecule has 1 fully saturated rings. The van der Waals surface area contributed by atoms with E-state index >= 15 is 0 Å². The smallest absolute Gasteiger partial charge is 0.270 e. The number of hydrogen-bond donors (Lipinski definition) is 0. The lowest BCUT2D eigenvalue weighted by Crippen LogP contribution is -2.30. The molecule has 0 radical (unpaired) electrons. The number of thiocarbonyl (C=S) groups is 1. The van der Waals surface area contributed by atoms with Crippen molar-refractivity contribution < 1.29 is 24.6 Å². The monoisotopic (exact) mass is 433 g/mol. The Labute approximate surface area is 180 Å². The second-order valence-corrected chi connectivity index (χ2v) is 8.10. The maximum Gasteiger partial charge on any atom is 0.270 e. The molecule has 0 aliphatic carbocycles. The highest BCUT2D eigenvalue weighted by Crippen LogP contribution is 2.37. The van der Waals surface area contributed by atoms with Gasteiger partial charge < -0.3 is 19.8 Å². The van der Waals surface area contributed by atoms with Crippen LogP contribution in [0.3, 0.4) is 0 Å². The molecule has 3 aromatic carbocycles. The number of anilines is 1. The summed E-state index contributed by atoms with van der Waals surface area (Å²) in [6.07, 6.45) is 1.71. The molecule has 0 spiro atoms. The van der Waals surface area contributed by atoms with Gasteiger partial charge in [0.2, 0.25) is 0 Å². The third-order valence-corrected chi connectivity index (χ3v) is 5.85. The van der Waals surface area contributed by atoms with Gasteiger partial charge in [-0.2, -0.15) is 0 Å². The van der Waals surface area contributed by atoms with Crippen molar-refractivity contribution in [1.82, 2.24) is 0 Å². The first-order chi connectivity index (χ1) is 14.3. The molecule has 0 N–H and O–H groups in total. The molecule has 30 heavy (non-hydrogen) atoms. The van der Waals surface area contributed by atoms with Crippen LogP contribution >= 0.6 is 24.0 Å². The molecule has 3 aromatic rings. The van der Waals surface area contributed by atoms with E-state index in [-0.39, 0.29) is 10.0 Å². The predicted octanol–water partition coefficient (Wildman–Crippen LogP) is 1.97. The van der Waals surface area contributed by atoms with Gasteiger partial charge in [-0.3, -0.25) is 9.69 Å². The Morgan fingerprint density at radius 2 is 1.57 bits per heavy atom. The molecule has 6 nitrogen and oxygen atoms in total. The van der Waals surface area contributed by atoms with E-state index in [1.54, 1.807) is 6.08 Å². The van der Waals surface area contributed by atoms with Crippen LogP contribution in [0.25, 0.3) is 16.8 Å². The lowest BCUT2D eigenvalue weighted by molar-refractivity contribution is -0.255. The minimum Gasteiger partial charge on any atom is -0.545 e. The lowest BCUT2D eigenvalue weighted by atomic mass is 10.0. The normalized spacial score (nSPS) is 15.2. The van der Waals surface area contributed by atoms with Gasteiger partial charge in [-0.05, 0) is 51.7 Å². The topological polar surface area (TPSA) is 101 Å². The Balaban J connectivity index is 1.77. The number of aromatic carboxylic acids is 2. The van der Waals surface area contributed by atoms with Crippen LogP contribution in [0.4, 0.5) is 5.69 Å². The summed E-state index contributed by atoms with van der Waals surface area (Å²) in [6, 6.07) is 16.7. The highest BCUT2D eigenvalue weighted by molar-refractivity contribution is 8.27. The highest BCUT2D eigenvalue weighted by atomic mass is 32.2. The maximum absolute atomic E-state index is 13.0. The van der Waals surface area contributed by atoms with E-state index in [2.05, 4.69) is 0 Å². The third kappa shape index (κ3) is 3.58. The van der Waals surface area contributed by atoms with E-state index < -0.39 is 29.0 Å². The first-order valence-corrected chi connectivity index (χ1v) is 9.91. The molecule has 0 atom stereocenters. The molecule has 1 heterocycles. The van der Waals surface area contributed by atoms with E-state index in [1.807, 2.05) is 42.5 Å². The van der Waals surface area contributed by atoms with Gasteiger partial charge in [-0.15, -0.1) is 0 Å². The third-order valence-electron chi connectivity index (χ3n) is 4.55. The number of thioether (sulfide) groups is 1. The molecule has 148 valence electrons. The minimum atomic E-state index is -1.57. The number of hydrogen-bond acceptors (Lipinski definition) is 7. The number of carbonyl (C=O) groups excluding carboxylic acids is 3. The number of amides is 1. The van der Waals surface area contributed by atoms with Crippen LogP contribution in [0.1, 0.15) is 26.3 Å². The van der Waals surface area contributed by atoms with Crippen molar-refractivity contribution in [2.24, 2.45) is 0 Å². The summed E-state index contributed by atoms with van der Waals surface area (Å²) in [5, 5.41) is 24.5. The number of carboxylic acid groups (broad SMARTS) is 2. The number of rotatable bonds is 4. The Hall–Kier alpha value is -3.49. The van der Waals surface area contributed by atoms with Crippen molar-refractivity contribution in [1.29, 1.82) is 0 Å². The Kier molecular flexibility index (Phi) is 5.11. The second-order valence-electron chi connectivity index (χ2n) is 6.43. The Bertz CT molecular complexity index is 1240. The second kappa shape index (κ2) is 7.74. The number of fused-ring (bicyclic) bond motifs is 1. The SMILES string of the molecule is O=C([O-])c1cc(C(=O)[O-])cc(N2C(=O)/C(=C\c3cccc4ccccc34)SC2=S)c1. The fourth-order valence-corrected chi connectivity index (χ4v) is 4.47. The Morgan fingerprint density at radius 3 is 2.23 bits per heavy atom. The first-order valence-electron chi connectivity index (χ1n) is 8.68. The van der Waals surface area contributed by atoms with Gasteiger partial charge in [0.25, 0.3) is 5.91 Å². The van der Waals surface area contributed by atoms with Gasteiger partial charge in [-0.25, -0.2) is 0 Å². The zero-order chi connectivity index (χ0) is 21.4. The quantitative estimate of drug-likeness (QED) is 0.458. The van der Waals surface area contributed by atoms with Crippen molar-refractivity contribution in [2.45, 2.75) is 0 Å². The van der Waals surface area contributed by atoms with Crippen molar-refractivity contribution in [2.75, 3.05) is 4.90 Å². The van der Waals surface area contributed by atoms with Crippen LogP contribution in [0, 0.1) is 0 Å². The number of nitrogens with zero attached hydrogens (tertiary/aromatic N) is 1. The first kappa shape index (κ1) is 19.8. The summed E-state index contributed by atoms with van der Waals surface area (Å²) in [7, 11) is 0. The fraction of sp³-hybridized carbons (Fsp3) is 0. The summed E-state index contributed by atoms with van der Waals surface area (Å²) >= 11 is 6.36. The molecule has 1 amide bonds. The van der Waals surface area contributed by atoms with Crippen LogP contribution in [0.5, 0.6) is 0 Å². The van der Waals surface area contributed by atoms with Crippen LogP contribution < -0.4 is 15.1 Å². The summed E-state index contributed by atoms with van der Waals surface area (Å²) in [5.41, 5.74) is 0.0739. The number of carboxylic acids is 2. The molecule has 0 unspecified atom stereocenters. The molecule has 1 aliphatic heterocycles. The fourth-order valence-electron chi connectivity index (χ4n) is 3.18. The predicted molar refractivity (Wildman–Crippen MR) is 115 cm³/mol. The molecule has 0 bridgehead atoms. The molecule has 0 saturated carbocycles. The average molecular weight is 433 g/mol. The van der Waals surface area contributed by atoms with E-state index in [0.29, 0.717) is 4.91 Å². The lowest BCUT2D eigenvalue weighted by Gasteiger charge is -2.18. The zero-order valence-corrected chi connectivity index (χ0v) is 16.8. The van der Waals surface area contributed by atoms with Gasteiger partial charge in [0, 0.05) is 0 Å². The molecule has 8 heteroatoms. The van der Waals surface area contributed by atoms with Gasteiger partial charge in [-0.1, -0.05) is 66.4 Å². The summed E-state index contributed by atoms with van der Waals surface area (Å²) in [4.78, 5) is 37.0. The van der Waals surface area contributed by atoms with Crippen LogP contribution in [-0.4, -0.2) is 22.2 Å². The average Bonchev–Trinajstić information content (AvgIpc) is 3.00. The molecule has 0 aromatic heterocycles.